The Balaban J connectivity index is 1.98. The van der Waals surface area contributed by atoms with Gasteiger partial charge < -0.3 is 15.5 Å². The van der Waals surface area contributed by atoms with E-state index in [0.717, 1.165) is 0 Å². The number of nitrogens with zero attached hydrogens (tertiary/aromatic N) is 2. The number of rotatable bonds is 2. The quantitative estimate of drug-likeness (QED) is 0.601. The second kappa shape index (κ2) is 5.34. The summed E-state index contributed by atoms with van der Waals surface area (Å²) >= 11 is 0. The normalized spacial score (nSPS) is 14.7. The van der Waals surface area contributed by atoms with Crippen LogP contribution in [0.25, 0.3) is 0 Å². The van der Waals surface area contributed by atoms with Crippen LogP contribution < -0.4 is 10.6 Å². The maximum absolute atomic E-state index is 11.8. The van der Waals surface area contributed by atoms with Gasteiger partial charge in [0.1, 0.15) is 6.54 Å². The van der Waals surface area contributed by atoms with Crippen LogP contribution in [0.2, 0.25) is 0 Å². The van der Waals surface area contributed by atoms with E-state index in [-0.39, 0.29) is 18.1 Å². The number of nitrogens with one attached hydrogen (secondary N) is 2. The lowest BCUT2D eigenvalue weighted by molar-refractivity contribution is -0.384. The van der Waals surface area contributed by atoms with E-state index in [1.807, 2.05) is 0 Å². The highest BCUT2D eigenvalue weighted by Gasteiger charge is 2.21. The molecule has 8 nitrogen and oxygen atoms in total. The number of hydrogen-bond acceptors (Lipinski definition) is 4. The first-order valence-corrected chi connectivity index (χ1v) is 5.63. The first kappa shape index (κ1) is 12.8. The lowest BCUT2D eigenvalue weighted by Crippen LogP contribution is -2.51. The number of anilines is 1. The summed E-state index contributed by atoms with van der Waals surface area (Å²) in [6, 6.07) is 5.10. The fourth-order valence-electron chi connectivity index (χ4n) is 1.68. The summed E-state index contributed by atoms with van der Waals surface area (Å²) in [4.78, 5) is 34.3. The molecule has 0 spiro atoms. The fourth-order valence-corrected chi connectivity index (χ4v) is 1.68. The van der Waals surface area contributed by atoms with Crippen molar-refractivity contribution in [2.24, 2.45) is 0 Å². The molecule has 2 N–H and O–H groups in total. The molecule has 0 aliphatic carbocycles. The number of piperazine rings is 1. The highest BCUT2D eigenvalue weighted by molar-refractivity contribution is 5.93. The number of nitro groups is 1. The Kier molecular flexibility index (Phi) is 3.60. The first-order valence-electron chi connectivity index (χ1n) is 5.63. The van der Waals surface area contributed by atoms with Crippen LogP contribution in [0.4, 0.5) is 16.2 Å². The van der Waals surface area contributed by atoms with Crippen LogP contribution in [0, 0.1) is 10.1 Å². The standard InChI is InChI=1S/C11H12N4O4/c16-10-7-14(6-5-12-10)11(17)13-8-1-3-9(4-2-8)15(18)19/h1-4H,5-7H2,(H,12,16)(H,13,17). The molecule has 1 aliphatic rings. The van der Waals surface area contributed by atoms with E-state index in [9.17, 15) is 19.7 Å². The number of non-ortho nitro benzene ring substituents is 1. The molecule has 0 saturated carbocycles. The van der Waals surface area contributed by atoms with Gasteiger partial charge in [0.25, 0.3) is 5.69 Å². The van der Waals surface area contributed by atoms with Crippen molar-refractivity contribution < 1.29 is 14.5 Å². The lowest BCUT2D eigenvalue weighted by atomic mass is 10.3. The van der Waals surface area contributed by atoms with Gasteiger partial charge in [0, 0.05) is 30.9 Å². The molecule has 2 rings (SSSR count). The summed E-state index contributed by atoms with van der Waals surface area (Å²) in [6.07, 6.45) is 0. The van der Waals surface area contributed by atoms with Crippen LogP contribution in [0.5, 0.6) is 0 Å². The number of carbonyl (C=O) groups is 2. The molecule has 1 aromatic rings. The topological polar surface area (TPSA) is 105 Å². The molecule has 0 aromatic heterocycles. The van der Waals surface area contributed by atoms with Crippen LogP contribution >= 0.6 is 0 Å². The van der Waals surface area contributed by atoms with E-state index >= 15 is 0 Å². The number of amides is 3. The average molecular weight is 264 g/mol. The van der Waals surface area contributed by atoms with Gasteiger partial charge in [0.05, 0.1) is 4.92 Å². The summed E-state index contributed by atoms with van der Waals surface area (Å²) in [5.41, 5.74) is 0.400. The fraction of sp³-hybridized carbons (Fsp3) is 0.273. The molecule has 0 radical (unpaired) electrons. The Morgan fingerprint density at radius 1 is 1.37 bits per heavy atom. The smallest absolute Gasteiger partial charge is 0.322 e. The van der Waals surface area contributed by atoms with Crippen molar-refractivity contribution in [2.75, 3.05) is 25.0 Å². The molecule has 0 bridgehead atoms. The van der Waals surface area contributed by atoms with Gasteiger partial charge >= 0.3 is 6.03 Å². The highest BCUT2D eigenvalue weighted by atomic mass is 16.6. The summed E-state index contributed by atoms with van der Waals surface area (Å²) in [5, 5.41) is 15.7. The summed E-state index contributed by atoms with van der Waals surface area (Å²) < 4.78 is 0. The summed E-state index contributed by atoms with van der Waals surface area (Å²) in [7, 11) is 0. The van der Waals surface area contributed by atoms with Gasteiger partial charge in [0.15, 0.2) is 0 Å². The van der Waals surface area contributed by atoms with E-state index in [2.05, 4.69) is 10.6 Å². The van der Waals surface area contributed by atoms with E-state index in [4.69, 9.17) is 0 Å². The molecular weight excluding hydrogens is 252 g/mol. The van der Waals surface area contributed by atoms with Crippen LogP contribution in [0.3, 0.4) is 0 Å². The van der Waals surface area contributed by atoms with Crippen molar-refractivity contribution in [3.63, 3.8) is 0 Å². The van der Waals surface area contributed by atoms with Crippen molar-refractivity contribution in [2.45, 2.75) is 0 Å². The minimum absolute atomic E-state index is 0.0127. The minimum Gasteiger partial charge on any atom is -0.353 e. The van der Waals surface area contributed by atoms with E-state index in [1.165, 1.54) is 29.2 Å². The van der Waals surface area contributed by atoms with Crippen molar-refractivity contribution in [3.05, 3.63) is 34.4 Å². The molecule has 1 aromatic carbocycles. The zero-order valence-corrected chi connectivity index (χ0v) is 9.96. The molecular formula is C11H12N4O4. The Bertz CT molecular complexity index is 514. The van der Waals surface area contributed by atoms with E-state index in [0.29, 0.717) is 18.8 Å². The van der Waals surface area contributed by atoms with Crippen molar-refractivity contribution >= 4 is 23.3 Å². The zero-order valence-electron chi connectivity index (χ0n) is 9.96. The summed E-state index contributed by atoms with van der Waals surface area (Å²) in [6.45, 7) is 0.871. The highest BCUT2D eigenvalue weighted by Crippen LogP contribution is 2.15. The molecule has 3 amide bonds. The molecule has 19 heavy (non-hydrogen) atoms. The molecule has 0 atom stereocenters. The average Bonchev–Trinajstić information content (AvgIpc) is 2.39. The predicted octanol–water partition coefficient (Wildman–Crippen LogP) is 0.558. The van der Waals surface area contributed by atoms with Crippen LogP contribution in [-0.2, 0) is 4.79 Å². The Hall–Kier alpha value is -2.64. The number of urea groups is 1. The third-order valence-corrected chi connectivity index (χ3v) is 2.65. The van der Waals surface area contributed by atoms with Crippen LogP contribution in [0.1, 0.15) is 0 Å². The van der Waals surface area contributed by atoms with E-state index in [1.54, 1.807) is 0 Å². The molecule has 1 aliphatic heterocycles. The maximum atomic E-state index is 11.8. The molecule has 1 heterocycles. The van der Waals surface area contributed by atoms with Crippen molar-refractivity contribution in [1.29, 1.82) is 0 Å². The van der Waals surface area contributed by atoms with Crippen LogP contribution in [-0.4, -0.2) is 41.4 Å². The SMILES string of the molecule is O=C1CN(C(=O)Nc2ccc([N+](=O)[O-])cc2)CCN1. The minimum atomic E-state index is -0.513. The second-order valence-corrected chi connectivity index (χ2v) is 4.01. The number of hydrogen-bond donors (Lipinski definition) is 2. The zero-order chi connectivity index (χ0) is 13.8. The molecule has 0 unspecified atom stereocenters. The van der Waals surface area contributed by atoms with Gasteiger partial charge in [-0.2, -0.15) is 0 Å². The monoisotopic (exact) mass is 264 g/mol. The van der Waals surface area contributed by atoms with Gasteiger partial charge in [-0.05, 0) is 12.1 Å². The third-order valence-electron chi connectivity index (χ3n) is 2.65. The number of carbonyl (C=O) groups excluding carboxylic acids is 2. The lowest BCUT2D eigenvalue weighted by Gasteiger charge is -2.26. The van der Waals surface area contributed by atoms with Crippen LogP contribution in [0.15, 0.2) is 24.3 Å². The first-order chi connectivity index (χ1) is 9.06. The van der Waals surface area contributed by atoms with Gasteiger partial charge in [-0.3, -0.25) is 14.9 Å². The van der Waals surface area contributed by atoms with Gasteiger partial charge in [-0.1, -0.05) is 0 Å². The second-order valence-electron chi connectivity index (χ2n) is 4.01. The Labute approximate surface area is 108 Å². The number of benzene rings is 1. The summed E-state index contributed by atoms with van der Waals surface area (Å²) in [5.74, 6) is -0.204. The maximum Gasteiger partial charge on any atom is 0.322 e. The largest absolute Gasteiger partial charge is 0.353 e. The Morgan fingerprint density at radius 2 is 2.05 bits per heavy atom. The third kappa shape index (κ3) is 3.18. The molecule has 1 fully saturated rings. The van der Waals surface area contributed by atoms with Crippen molar-refractivity contribution in [1.82, 2.24) is 10.2 Å². The van der Waals surface area contributed by atoms with Gasteiger partial charge in [-0.25, -0.2) is 4.79 Å². The van der Waals surface area contributed by atoms with Crippen molar-refractivity contribution in [3.8, 4) is 0 Å². The molecule has 8 heteroatoms. The number of nitro benzene ring substituents is 1. The van der Waals surface area contributed by atoms with E-state index < -0.39 is 11.0 Å². The molecule has 1 saturated heterocycles. The van der Waals surface area contributed by atoms with Gasteiger partial charge in [-0.15, -0.1) is 0 Å². The predicted molar refractivity (Wildman–Crippen MR) is 66.7 cm³/mol. The van der Waals surface area contributed by atoms with Gasteiger partial charge in [0.2, 0.25) is 5.91 Å². The Morgan fingerprint density at radius 3 is 2.63 bits per heavy atom. The molecule has 100 valence electrons.